The van der Waals surface area contributed by atoms with Crippen LogP contribution in [0.1, 0.15) is 31.0 Å². The SMILES string of the molecule is CC(C)c1nn(C)cc1CNc1c(F)cccc1Br. The van der Waals surface area contributed by atoms with Gasteiger partial charge in [-0.25, -0.2) is 4.39 Å². The first-order chi connectivity index (χ1) is 8.99. The van der Waals surface area contributed by atoms with Crippen LogP contribution in [0.25, 0.3) is 0 Å². The molecule has 2 rings (SSSR count). The maximum atomic E-state index is 13.7. The Morgan fingerprint density at radius 2 is 2.16 bits per heavy atom. The van der Waals surface area contributed by atoms with Gasteiger partial charge in [-0.2, -0.15) is 5.10 Å². The number of nitrogens with zero attached hydrogens (tertiary/aromatic N) is 2. The van der Waals surface area contributed by atoms with E-state index in [1.807, 2.05) is 19.3 Å². The second kappa shape index (κ2) is 5.74. The van der Waals surface area contributed by atoms with E-state index in [1.165, 1.54) is 6.07 Å². The number of aromatic nitrogens is 2. The number of benzene rings is 1. The average molecular weight is 326 g/mol. The molecule has 0 fully saturated rings. The molecule has 1 N–H and O–H groups in total. The molecule has 1 aromatic heterocycles. The highest BCUT2D eigenvalue weighted by molar-refractivity contribution is 9.10. The van der Waals surface area contributed by atoms with Gasteiger partial charge in [0.1, 0.15) is 5.82 Å². The lowest BCUT2D eigenvalue weighted by molar-refractivity contribution is 0.629. The van der Waals surface area contributed by atoms with Crippen LogP contribution in [0.15, 0.2) is 28.9 Å². The quantitative estimate of drug-likeness (QED) is 0.918. The summed E-state index contributed by atoms with van der Waals surface area (Å²) in [5.41, 5.74) is 2.62. The van der Waals surface area contributed by atoms with Crippen LogP contribution in [0.5, 0.6) is 0 Å². The van der Waals surface area contributed by atoms with Crippen molar-refractivity contribution in [2.45, 2.75) is 26.3 Å². The minimum atomic E-state index is -0.260. The number of hydrogen-bond acceptors (Lipinski definition) is 2. The molecule has 0 atom stereocenters. The lowest BCUT2D eigenvalue weighted by Crippen LogP contribution is -2.04. The van der Waals surface area contributed by atoms with Crippen LogP contribution in [0.4, 0.5) is 10.1 Å². The summed E-state index contributed by atoms with van der Waals surface area (Å²) in [6.07, 6.45) is 1.97. The van der Waals surface area contributed by atoms with Crippen LogP contribution >= 0.6 is 15.9 Å². The van der Waals surface area contributed by atoms with Crippen molar-refractivity contribution in [2.24, 2.45) is 7.05 Å². The Morgan fingerprint density at radius 1 is 1.42 bits per heavy atom. The predicted octanol–water partition coefficient (Wildman–Crippen LogP) is 4.06. The van der Waals surface area contributed by atoms with Gasteiger partial charge in [0, 0.05) is 29.8 Å². The molecule has 2 aromatic rings. The molecule has 0 aliphatic rings. The summed E-state index contributed by atoms with van der Waals surface area (Å²) in [4.78, 5) is 0. The van der Waals surface area contributed by atoms with Gasteiger partial charge in [-0.3, -0.25) is 4.68 Å². The van der Waals surface area contributed by atoms with E-state index in [0.717, 1.165) is 15.7 Å². The van der Waals surface area contributed by atoms with Crippen LogP contribution < -0.4 is 5.32 Å². The molecule has 0 bridgehead atoms. The second-order valence-corrected chi connectivity index (χ2v) is 5.67. The average Bonchev–Trinajstić information content (AvgIpc) is 2.70. The lowest BCUT2D eigenvalue weighted by Gasteiger charge is -2.10. The first-order valence-electron chi connectivity index (χ1n) is 6.19. The molecule has 0 unspecified atom stereocenters. The topological polar surface area (TPSA) is 29.9 Å². The van der Waals surface area contributed by atoms with Gasteiger partial charge < -0.3 is 5.32 Å². The van der Waals surface area contributed by atoms with E-state index >= 15 is 0 Å². The van der Waals surface area contributed by atoms with Crippen LogP contribution in [-0.2, 0) is 13.6 Å². The molecule has 0 amide bonds. The Labute approximate surface area is 121 Å². The maximum absolute atomic E-state index is 13.7. The highest BCUT2D eigenvalue weighted by Gasteiger charge is 2.12. The third-order valence-corrected chi connectivity index (χ3v) is 3.56. The van der Waals surface area contributed by atoms with Crippen molar-refractivity contribution in [3.05, 3.63) is 45.9 Å². The monoisotopic (exact) mass is 325 g/mol. The summed E-state index contributed by atoms with van der Waals surface area (Å²) >= 11 is 3.35. The molecule has 102 valence electrons. The van der Waals surface area contributed by atoms with Crippen molar-refractivity contribution in [3.8, 4) is 0 Å². The molecule has 1 heterocycles. The normalized spacial score (nSPS) is 11.1. The van der Waals surface area contributed by atoms with Gasteiger partial charge in [0.25, 0.3) is 0 Å². The molecule has 0 aliphatic carbocycles. The third-order valence-electron chi connectivity index (χ3n) is 2.90. The van der Waals surface area contributed by atoms with Crippen molar-refractivity contribution in [2.75, 3.05) is 5.32 Å². The van der Waals surface area contributed by atoms with E-state index in [1.54, 1.807) is 10.7 Å². The van der Waals surface area contributed by atoms with E-state index in [0.29, 0.717) is 18.2 Å². The zero-order valence-corrected chi connectivity index (χ0v) is 12.8. The van der Waals surface area contributed by atoms with Gasteiger partial charge in [0.05, 0.1) is 11.4 Å². The summed E-state index contributed by atoms with van der Waals surface area (Å²) in [6.45, 7) is 4.76. The van der Waals surface area contributed by atoms with Gasteiger partial charge in [0.2, 0.25) is 0 Å². The maximum Gasteiger partial charge on any atom is 0.147 e. The summed E-state index contributed by atoms with van der Waals surface area (Å²) in [5.74, 6) is 0.0893. The minimum absolute atomic E-state index is 0.260. The van der Waals surface area contributed by atoms with Crippen molar-refractivity contribution >= 4 is 21.6 Å². The van der Waals surface area contributed by atoms with E-state index in [4.69, 9.17) is 0 Å². The van der Waals surface area contributed by atoms with E-state index in [9.17, 15) is 4.39 Å². The smallest absolute Gasteiger partial charge is 0.147 e. The molecular weight excluding hydrogens is 309 g/mol. The van der Waals surface area contributed by atoms with Crippen molar-refractivity contribution in [1.29, 1.82) is 0 Å². The minimum Gasteiger partial charge on any atom is -0.378 e. The zero-order valence-electron chi connectivity index (χ0n) is 11.2. The van der Waals surface area contributed by atoms with Crippen molar-refractivity contribution in [3.63, 3.8) is 0 Å². The first-order valence-corrected chi connectivity index (χ1v) is 6.98. The molecule has 0 saturated heterocycles. The highest BCUT2D eigenvalue weighted by atomic mass is 79.9. The number of halogens is 2. The molecule has 0 radical (unpaired) electrons. The lowest BCUT2D eigenvalue weighted by atomic mass is 10.1. The summed E-state index contributed by atoms with van der Waals surface area (Å²) in [5, 5.41) is 7.57. The number of aryl methyl sites for hydroxylation is 1. The Morgan fingerprint density at radius 3 is 2.79 bits per heavy atom. The van der Waals surface area contributed by atoms with Gasteiger partial charge in [-0.1, -0.05) is 19.9 Å². The first kappa shape index (κ1) is 14.1. The van der Waals surface area contributed by atoms with E-state index < -0.39 is 0 Å². The molecule has 0 spiro atoms. The van der Waals surface area contributed by atoms with Gasteiger partial charge in [-0.05, 0) is 34.0 Å². The number of nitrogens with one attached hydrogen (secondary N) is 1. The fourth-order valence-electron chi connectivity index (χ4n) is 2.03. The van der Waals surface area contributed by atoms with Gasteiger partial charge >= 0.3 is 0 Å². The van der Waals surface area contributed by atoms with Crippen LogP contribution in [-0.4, -0.2) is 9.78 Å². The predicted molar refractivity (Wildman–Crippen MR) is 78.7 cm³/mol. The fraction of sp³-hybridized carbons (Fsp3) is 0.357. The van der Waals surface area contributed by atoms with Crippen molar-refractivity contribution in [1.82, 2.24) is 9.78 Å². The summed E-state index contributed by atoms with van der Waals surface area (Å²) < 4.78 is 16.2. The largest absolute Gasteiger partial charge is 0.378 e. The summed E-state index contributed by atoms with van der Waals surface area (Å²) in [7, 11) is 1.90. The molecule has 1 aromatic carbocycles. The van der Waals surface area contributed by atoms with Crippen LogP contribution in [0.2, 0.25) is 0 Å². The molecular formula is C14H17BrFN3. The second-order valence-electron chi connectivity index (χ2n) is 4.82. The van der Waals surface area contributed by atoms with Gasteiger partial charge in [0.15, 0.2) is 0 Å². The Hall–Kier alpha value is -1.36. The van der Waals surface area contributed by atoms with E-state index in [2.05, 4.69) is 40.2 Å². The molecule has 0 saturated carbocycles. The fourth-order valence-corrected chi connectivity index (χ4v) is 2.51. The standard InChI is InChI=1S/C14H17BrFN3/c1-9(2)13-10(8-19(3)18-13)7-17-14-11(15)5-4-6-12(14)16/h4-6,8-9,17H,7H2,1-3H3. The molecule has 0 aliphatic heterocycles. The summed E-state index contributed by atoms with van der Waals surface area (Å²) in [6, 6.07) is 4.94. The van der Waals surface area contributed by atoms with Crippen molar-refractivity contribution < 1.29 is 4.39 Å². The Kier molecular flexibility index (Phi) is 4.24. The Balaban J connectivity index is 2.19. The Bertz CT molecular complexity index is 558. The zero-order chi connectivity index (χ0) is 14.0. The number of para-hydroxylation sites is 1. The van der Waals surface area contributed by atoms with Crippen LogP contribution in [0, 0.1) is 5.82 Å². The number of anilines is 1. The highest BCUT2D eigenvalue weighted by Crippen LogP contribution is 2.26. The third kappa shape index (κ3) is 3.15. The molecule has 19 heavy (non-hydrogen) atoms. The van der Waals surface area contributed by atoms with Gasteiger partial charge in [-0.15, -0.1) is 0 Å². The number of hydrogen-bond donors (Lipinski definition) is 1. The molecule has 3 nitrogen and oxygen atoms in total. The van der Waals surface area contributed by atoms with Crippen LogP contribution in [0.3, 0.4) is 0 Å². The van der Waals surface area contributed by atoms with E-state index in [-0.39, 0.29) is 5.82 Å². The number of rotatable bonds is 4. The molecule has 5 heteroatoms.